The first kappa shape index (κ1) is 22.3. The molecule has 1 aliphatic rings. The zero-order chi connectivity index (χ0) is 22.7. The van der Waals surface area contributed by atoms with Crippen LogP contribution in [0.15, 0.2) is 54.6 Å². The van der Waals surface area contributed by atoms with Crippen LogP contribution in [0.4, 0.5) is 0 Å². The number of hydrogen-bond acceptors (Lipinski definition) is 4. The number of carbonyl (C=O) groups excluding carboxylic acids is 1. The van der Waals surface area contributed by atoms with E-state index in [9.17, 15) is 9.90 Å². The summed E-state index contributed by atoms with van der Waals surface area (Å²) in [6.45, 7) is 1.54. The molecule has 3 aromatic carbocycles. The lowest BCUT2D eigenvalue weighted by atomic mass is 9.98. The van der Waals surface area contributed by atoms with Gasteiger partial charge in [0.2, 0.25) is 0 Å². The summed E-state index contributed by atoms with van der Waals surface area (Å²) in [7, 11) is 1.60. The largest absolute Gasteiger partial charge is 0.507 e. The number of phenols is 1. The van der Waals surface area contributed by atoms with E-state index >= 15 is 0 Å². The van der Waals surface area contributed by atoms with Crippen molar-refractivity contribution in [2.75, 3.05) is 26.8 Å². The molecule has 0 aliphatic carbocycles. The minimum absolute atomic E-state index is 0.0339. The van der Waals surface area contributed by atoms with Crippen LogP contribution in [0.3, 0.4) is 0 Å². The van der Waals surface area contributed by atoms with E-state index in [1.54, 1.807) is 30.2 Å². The van der Waals surface area contributed by atoms with E-state index in [0.29, 0.717) is 33.5 Å². The van der Waals surface area contributed by atoms with Gasteiger partial charge in [-0.25, -0.2) is 0 Å². The van der Waals surface area contributed by atoms with Crippen LogP contribution in [0.2, 0.25) is 10.0 Å². The molecule has 0 bridgehead atoms. The second kappa shape index (κ2) is 9.72. The first-order chi connectivity index (χ1) is 15.4. The van der Waals surface area contributed by atoms with Crippen LogP contribution in [0.25, 0.3) is 11.1 Å². The minimum Gasteiger partial charge on any atom is -0.507 e. The fourth-order valence-electron chi connectivity index (χ4n) is 3.55. The second-order valence-corrected chi connectivity index (χ2v) is 8.46. The molecule has 0 unspecified atom stereocenters. The number of aromatic hydroxyl groups is 1. The van der Waals surface area contributed by atoms with Gasteiger partial charge in [0.1, 0.15) is 17.2 Å². The van der Waals surface area contributed by atoms with Crippen molar-refractivity contribution in [3.05, 3.63) is 75.8 Å². The number of nitrogens with zero attached hydrogens (tertiary/aromatic N) is 1. The van der Waals surface area contributed by atoms with Crippen LogP contribution in [0, 0.1) is 0 Å². The van der Waals surface area contributed by atoms with Crippen molar-refractivity contribution < 1.29 is 19.4 Å². The molecule has 0 radical (unpaired) electrons. The standard InChI is InChI=1S/C25H23Cl2NO4/c1-31-18-5-2-4-17(12-18)20-10-16(6-7-24(20)29)11-21-22(26)13-19(14-23(21)27)32-15-25(30)28-8-3-9-28/h2,4-7,10,12-14,29H,3,8-9,11,15H2,1H3. The Kier molecular flexibility index (Phi) is 6.77. The van der Waals surface area contributed by atoms with Crippen LogP contribution >= 0.6 is 23.2 Å². The maximum Gasteiger partial charge on any atom is 0.260 e. The van der Waals surface area contributed by atoms with Gasteiger partial charge in [0, 0.05) is 35.1 Å². The van der Waals surface area contributed by atoms with Gasteiger partial charge < -0.3 is 19.5 Å². The molecule has 1 saturated heterocycles. The molecule has 166 valence electrons. The number of amides is 1. The second-order valence-electron chi connectivity index (χ2n) is 7.65. The normalized spacial score (nSPS) is 12.9. The smallest absolute Gasteiger partial charge is 0.260 e. The van der Waals surface area contributed by atoms with E-state index in [0.717, 1.165) is 36.2 Å². The number of ether oxygens (including phenoxy) is 2. The van der Waals surface area contributed by atoms with Crippen molar-refractivity contribution in [1.82, 2.24) is 4.90 Å². The highest BCUT2D eigenvalue weighted by Crippen LogP contribution is 2.35. The van der Waals surface area contributed by atoms with Gasteiger partial charge >= 0.3 is 0 Å². The fourth-order valence-corrected chi connectivity index (χ4v) is 4.15. The molecule has 4 rings (SSSR count). The summed E-state index contributed by atoms with van der Waals surface area (Å²) in [5, 5.41) is 11.3. The molecule has 3 aromatic rings. The quantitative estimate of drug-likeness (QED) is 0.488. The summed E-state index contributed by atoms with van der Waals surface area (Å²) < 4.78 is 10.9. The maximum atomic E-state index is 12.0. The summed E-state index contributed by atoms with van der Waals surface area (Å²) in [5.74, 6) is 1.30. The molecule has 7 heteroatoms. The Labute approximate surface area is 197 Å². The summed E-state index contributed by atoms with van der Waals surface area (Å²) in [6, 6.07) is 16.3. The number of phenolic OH excluding ortho intramolecular Hbond substituents is 1. The highest BCUT2D eigenvalue weighted by atomic mass is 35.5. The molecule has 1 heterocycles. The van der Waals surface area contributed by atoms with Gasteiger partial charge in [0.05, 0.1) is 7.11 Å². The van der Waals surface area contributed by atoms with Crippen molar-refractivity contribution in [2.24, 2.45) is 0 Å². The Morgan fingerprint density at radius 2 is 1.78 bits per heavy atom. The maximum absolute atomic E-state index is 12.0. The van der Waals surface area contributed by atoms with Gasteiger partial charge in [0.15, 0.2) is 6.61 Å². The topological polar surface area (TPSA) is 59.0 Å². The number of carbonyl (C=O) groups is 1. The molecule has 1 fully saturated rings. The summed E-state index contributed by atoms with van der Waals surface area (Å²) >= 11 is 13.0. The zero-order valence-electron chi connectivity index (χ0n) is 17.6. The Bertz CT molecular complexity index is 1120. The first-order valence-corrected chi connectivity index (χ1v) is 11.0. The Hall–Kier alpha value is -2.89. The molecule has 0 atom stereocenters. The van der Waals surface area contributed by atoms with Crippen molar-refractivity contribution in [3.8, 4) is 28.4 Å². The number of methoxy groups -OCH3 is 1. The Balaban J connectivity index is 1.52. The minimum atomic E-state index is -0.0401. The lowest BCUT2D eigenvalue weighted by Crippen LogP contribution is -2.44. The average Bonchev–Trinajstić information content (AvgIpc) is 2.74. The molecule has 5 nitrogen and oxygen atoms in total. The van der Waals surface area contributed by atoms with Gasteiger partial charge in [-0.2, -0.15) is 0 Å². The Morgan fingerprint density at radius 1 is 1.03 bits per heavy atom. The fraction of sp³-hybridized carbons (Fsp3) is 0.240. The number of benzene rings is 3. The van der Waals surface area contributed by atoms with Gasteiger partial charge in [-0.15, -0.1) is 0 Å². The van der Waals surface area contributed by atoms with E-state index in [4.69, 9.17) is 32.7 Å². The molecule has 0 aromatic heterocycles. The van der Waals surface area contributed by atoms with Crippen molar-refractivity contribution >= 4 is 29.1 Å². The van der Waals surface area contributed by atoms with E-state index in [2.05, 4.69) is 0 Å². The van der Waals surface area contributed by atoms with Crippen LogP contribution in [-0.4, -0.2) is 42.7 Å². The molecule has 0 saturated carbocycles. The van der Waals surface area contributed by atoms with Crippen LogP contribution in [-0.2, 0) is 11.2 Å². The predicted octanol–water partition coefficient (Wildman–Crippen LogP) is 5.58. The summed E-state index contributed by atoms with van der Waals surface area (Å²) in [4.78, 5) is 13.8. The van der Waals surface area contributed by atoms with Crippen LogP contribution < -0.4 is 9.47 Å². The average molecular weight is 472 g/mol. The molecule has 0 spiro atoms. The highest BCUT2D eigenvalue weighted by molar-refractivity contribution is 6.36. The lowest BCUT2D eigenvalue weighted by Gasteiger charge is -2.30. The van der Waals surface area contributed by atoms with Gasteiger partial charge in [-0.1, -0.05) is 41.4 Å². The highest BCUT2D eigenvalue weighted by Gasteiger charge is 2.20. The lowest BCUT2D eigenvalue weighted by molar-refractivity contribution is -0.136. The van der Waals surface area contributed by atoms with Crippen molar-refractivity contribution in [1.29, 1.82) is 0 Å². The van der Waals surface area contributed by atoms with E-state index in [1.807, 2.05) is 36.4 Å². The summed E-state index contributed by atoms with van der Waals surface area (Å²) in [6.07, 6.45) is 1.51. The van der Waals surface area contributed by atoms with E-state index in [1.165, 1.54) is 0 Å². The van der Waals surface area contributed by atoms with E-state index in [-0.39, 0.29) is 18.3 Å². The van der Waals surface area contributed by atoms with Gasteiger partial charge in [0.25, 0.3) is 5.91 Å². The van der Waals surface area contributed by atoms with E-state index < -0.39 is 0 Å². The molecule has 1 aliphatic heterocycles. The molecule has 1 amide bonds. The third-order valence-electron chi connectivity index (χ3n) is 5.51. The van der Waals surface area contributed by atoms with Crippen molar-refractivity contribution in [3.63, 3.8) is 0 Å². The molecule has 32 heavy (non-hydrogen) atoms. The molecule has 1 N–H and O–H groups in total. The third-order valence-corrected chi connectivity index (χ3v) is 6.18. The SMILES string of the molecule is COc1cccc(-c2cc(Cc3c(Cl)cc(OCC(=O)N4CCC4)cc3Cl)ccc2O)c1. The number of likely N-dealkylation sites (tertiary alicyclic amines) is 1. The molecular formula is C25H23Cl2NO4. The number of rotatable bonds is 7. The van der Waals surface area contributed by atoms with Crippen molar-refractivity contribution in [2.45, 2.75) is 12.8 Å². The molecular weight excluding hydrogens is 449 g/mol. The predicted molar refractivity (Wildman–Crippen MR) is 126 cm³/mol. The van der Waals surface area contributed by atoms with Gasteiger partial charge in [-0.3, -0.25) is 4.79 Å². The monoisotopic (exact) mass is 471 g/mol. The number of halogens is 2. The summed E-state index contributed by atoms with van der Waals surface area (Å²) in [5.41, 5.74) is 3.22. The first-order valence-electron chi connectivity index (χ1n) is 10.3. The van der Waals surface area contributed by atoms with Crippen LogP contribution in [0.1, 0.15) is 17.5 Å². The van der Waals surface area contributed by atoms with Crippen LogP contribution in [0.5, 0.6) is 17.2 Å². The third kappa shape index (κ3) is 4.95. The Morgan fingerprint density at radius 3 is 2.44 bits per heavy atom. The zero-order valence-corrected chi connectivity index (χ0v) is 19.1. The van der Waals surface area contributed by atoms with Gasteiger partial charge in [-0.05, 0) is 59.5 Å². The number of hydrogen-bond donors (Lipinski definition) is 1.